The Morgan fingerprint density at radius 1 is 1.09 bits per heavy atom. The largest absolute Gasteiger partial charge is 0.389 e. The van der Waals surface area contributed by atoms with Crippen molar-refractivity contribution in [1.82, 2.24) is 10.2 Å². The zero-order chi connectivity index (χ0) is 15.3. The van der Waals surface area contributed by atoms with Gasteiger partial charge in [-0.25, -0.2) is 0 Å². The van der Waals surface area contributed by atoms with Gasteiger partial charge in [0.05, 0.1) is 5.60 Å². The summed E-state index contributed by atoms with van der Waals surface area (Å²) in [6.07, 6.45) is 7.92. The molecule has 2 N–H and O–H groups in total. The second-order valence-electron chi connectivity index (χ2n) is 7.16. The van der Waals surface area contributed by atoms with Gasteiger partial charge in [0, 0.05) is 19.1 Å². The molecule has 3 rings (SSSR count). The molecule has 1 saturated carbocycles. The molecule has 0 unspecified atom stereocenters. The molecule has 3 heteroatoms. The van der Waals surface area contributed by atoms with Crippen molar-refractivity contribution < 1.29 is 5.11 Å². The lowest BCUT2D eigenvalue weighted by atomic mass is 9.99. The van der Waals surface area contributed by atoms with E-state index in [9.17, 15) is 5.11 Å². The van der Waals surface area contributed by atoms with E-state index in [-0.39, 0.29) is 0 Å². The van der Waals surface area contributed by atoms with Crippen LogP contribution in [0.2, 0.25) is 0 Å². The van der Waals surface area contributed by atoms with Gasteiger partial charge in [0.1, 0.15) is 0 Å². The summed E-state index contributed by atoms with van der Waals surface area (Å²) in [6, 6.07) is 11.4. The number of piperidine rings is 1. The van der Waals surface area contributed by atoms with Gasteiger partial charge in [0.2, 0.25) is 0 Å². The highest BCUT2D eigenvalue weighted by atomic mass is 16.3. The number of hydrogen-bond donors (Lipinski definition) is 2. The van der Waals surface area contributed by atoms with E-state index in [1.807, 2.05) is 0 Å². The third-order valence-corrected chi connectivity index (χ3v) is 5.40. The Morgan fingerprint density at radius 2 is 1.77 bits per heavy atom. The zero-order valence-electron chi connectivity index (χ0n) is 13.6. The molecule has 1 aliphatic heterocycles. The Morgan fingerprint density at radius 3 is 2.45 bits per heavy atom. The van der Waals surface area contributed by atoms with E-state index in [2.05, 4.69) is 40.5 Å². The van der Waals surface area contributed by atoms with E-state index in [4.69, 9.17) is 0 Å². The van der Waals surface area contributed by atoms with Gasteiger partial charge >= 0.3 is 0 Å². The fourth-order valence-corrected chi connectivity index (χ4v) is 3.84. The molecular weight excluding hydrogens is 272 g/mol. The van der Waals surface area contributed by atoms with E-state index >= 15 is 0 Å². The molecule has 0 radical (unpaired) electrons. The number of nitrogens with zero attached hydrogens (tertiary/aromatic N) is 1. The molecule has 0 aromatic heterocycles. The highest BCUT2D eigenvalue weighted by molar-refractivity contribution is 5.14. The topological polar surface area (TPSA) is 35.5 Å². The van der Waals surface area contributed by atoms with Crippen LogP contribution in [0.4, 0.5) is 0 Å². The number of aliphatic hydroxyl groups is 1. The summed E-state index contributed by atoms with van der Waals surface area (Å²) in [7, 11) is 0. The number of likely N-dealkylation sites (tertiary alicyclic amines) is 1. The minimum Gasteiger partial charge on any atom is -0.389 e. The van der Waals surface area contributed by atoms with Crippen LogP contribution in [-0.2, 0) is 6.42 Å². The maximum atomic E-state index is 10.4. The van der Waals surface area contributed by atoms with Gasteiger partial charge in [0.15, 0.2) is 0 Å². The van der Waals surface area contributed by atoms with E-state index < -0.39 is 5.60 Å². The average Bonchev–Trinajstić information content (AvgIpc) is 3.00. The van der Waals surface area contributed by atoms with E-state index in [1.165, 1.54) is 50.9 Å². The Hall–Kier alpha value is -0.900. The maximum Gasteiger partial charge on any atom is 0.0771 e. The molecule has 0 spiro atoms. The van der Waals surface area contributed by atoms with Crippen molar-refractivity contribution in [2.45, 2.75) is 56.6 Å². The molecule has 1 saturated heterocycles. The fraction of sp³-hybridized carbons (Fsp3) is 0.684. The molecule has 22 heavy (non-hydrogen) atoms. The van der Waals surface area contributed by atoms with Gasteiger partial charge in [-0.2, -0.15) is 0 Å². The SMILES string of the molecule is OC1(CNC2CCN(CCc3ccccc3)CC2)CCCC1. The van der Waals surface area contributed by atoms with Crippen LogP contribution in [0, 0.1) is 0 Å². The third-order valence-electron chi connectivity index (χ3n) is 5.40. The first kappa shape index (κ1) is 16.0. The van der Waals surface area contributed by atoms with E-state index in [1.54, 1.807) is 0 Å². The van der Waals surface area contributed by atoms with Crippen LogP contribution in [0.1, 0.15) is 44.1 Å². The van der Waals surface area contributed by atoms with Gasteiger partial charge in [-0.1, -0.05) is 43.2 Å². The molecule has 122 valence electrons. The maximum absolute atomic E-state index is 10.4. The molecule has 0 amide bonds. The molecular formula is C19H30N2O. The molecule has 1 aliphatic carbocycles. The van der Waals surface area contributed by atoms with Crippen molar-refractivity contribution >= 4 is 0 Å². The minimum absolute atomic E-state index is 0.412. The summed E-state index contributed by atoms with van der Waals surface area (Å²) in [4.78, 5) is 2.58. The van der Waals surface area contributed by atoms with Crippen molar-refractivity contribution in [3.8, 4) is 0 Å². The fourth-order valence-electron chi connectivity index (χ4n) is 3.84. The van der Waals surface area contributed by atoms with Crippen LogP contribution in [-0.4, -0.2) is 47.8 Å². The summed E-state index contributed by atoms with van der Waals surface area (Å²) in [5.74, 6) is 0. The Balaban J connectivity index is 1.34. The first-order valence-corrected chi connectivity index (χ1v) is 8.96. The van der Waals surface area contributed by atoms with Crippen LogP contribution >= 0.6 is 0 Å². The number of hydrogen-bond acceptors (Lipinski definition) is 3. The van der Waals surface area contributed by atoms with Crippen LogP contribution < -0.4 is 5.32 Å². The second-order valence-corrected chi connectivity index (χ2v) is 7.16. The van der Waals surface area contributed by atoms with E-state index in [0.717, 1.165) is 25.8 Å². The van der Waals surface area contributed by atoms with E-state index in [0.29, 0.717) is 6.04 Å². The van der Waals surface area contributed by atoms with Crippen molar-refractivity contribution in [1.29, 1.82) is 0 Å². The third kappa shape index (κ3) is 4.55. The molecule has 0 atom stereocenters. The molecule has 2 fully saturated rings. The van der Waals surface area contributed by atoms with Crippen molar-refractivity contribution in [3.63, 3.8) is 0 Å². The van der Waals surface area contributed by atoms with Gasteiger partial charge in [-0.15, -0.1) is 0 Å². The summed E-state index contributed by atoms with van der Waals surface area (Å²) >= 11 is 0. The summed E-state index contributed by atoms with van der Waals surface area (Å²) < 4.78 is 0. The van der Waals surface area contributed by atoms with Crippen LogP contribution in [0.25, 0.3) is 0 Å². The predicted octanol–water partition coefficient (Wildman–Crippen LogP) is 2.59. The Bertz CT molecular complexity index is 434. The molecule has 0 bridgehead atoms. The first-order chi connectivity index (χ1) is 10.7. The Labute approximate surface area is 134 Å². The molecule has 1 aromatic rings. The predicted molar refractivity (Wildman–Crippen MR) is 91.0 cm³/mol. The second kappa shape index (κ2) is 7.58. The lowest BCUT2D eigenvalue weighted by Gasteiger charge is -2.34. The summed E-state index contributed by atoms with van der Waals surface area (Å²) in [5, 5.41) is 14.0. The number of rotatable bonds is 6. The average molecular weight is 302 g/mol. The smallest absolute Gasteiger partial charge is 0.0771 e. The van der Waals surface area contributed by atoms with Crippen LogP contribution in [0.3, 0.4) is 0 Å². The van der Waals surface area contributed by atoms with Gasteiger partial charge < -0.3 is 15.3 Å². The molecule has 1 aromatic carbocycles. The monoisotopic (exact) mass is 302 g/mol. The minimum atomic E-state index is -0.412. The molecule has 3 nitrogen and oxygen atoms in total. The number of benzene rings is 1. The number of nitrogens with one attached hydrogen (secondary N) is 1. The van der Waals surface area contributed by atoms with Gasteiger partial charge in [-0.05, 0) is 50.8 Å². The quantitative estimate of drug-likeness (QED) is 0.848. The van der Waals surface area contributed by atoms with Crippen molar-refractivity contribution in [3.05, 3.63) is 35.9 Å². The van der Waals surface area contributed by atoms with Crippen molar-refractivity contribution in [2.75, 3.05) is 26.2 Å². The summed E-state index contributed by atoms with van der Waals surface area (Å²) in [5.41, 5.74) is 1.02. The zero-order valence-corrected chi connectivity index (χ0v) is 13.6. The lowest BCUT2D eigenvalue weighted by molar-refractivity contribution is 0.0417. The van der Waals surface area contributed by atoms with Gasteiger partial charge in [-0.3, -0.25) is 0 Å². The van der Waals surface area contributed by atoms with Crippen LogP contribution in [0.15, 0.2) is 30.3 Å². The first-order valence-electron chi connectivity index (χ1n) is 8.96. The summed E-state index contributed by atoms with van der Waals surface area (Å²) in [6.45, 7) is 4.33. The standard InChI is InChI=1S/C19H30N2O/c22-19(11-4-5-12-19)16-20-18-9-14-21(15-10-18)13-8-17-6-2-1-3-7-17/h1-3,6-7,18,20,22H,4-5,8-16H2. The van der Waals surface area contributed by atoms with Gasteiger partial charge in [0.25, 0.3) is 0 Å². The molecule has 2 aliphatic rings. The van der Waals surface area contributed by atoms with Crippen molar-refractivity contribution in [2.24, 2.45) is 0 Å². The molecule has 1 heterocycles. The Kier molecular flexibility index (Phi) is 5.51. The normalized spacial score (nSPS) is 23.0. The highest BCUT2D eigenvalue weighted by Gasteiger charge is 2.31. The lowest BCUT2D eigenvalue weighted by Crippen LogP contribution is -2.48. The highest BCUT2D eigenvalue weighted by Crippen LogP contribution is 2.29. The van der Waals surface area contributed by atoms with Crippen LogP contribution in [0.5, 0.6) is 0 Å².